The molecule has 6 heteroatoms. The third-order valence-electron chi connectivity index (χ3n) is 7.63. The summed E-state index contributed by atoms with van der Waals surface area (Å²) < 4.78 is 5.52. The predicted molar refractivity (Wildman–Crippen MR) is 118 cm³/mol. The van der Waals surface area contributed by atoms with Gasteiger partial charge in [-0.3, -0.25) is 4.79 Å². The molecular formula is C25H31NO5. The number of aliphatic carboxylic acids is 1. The number of carboxylic acids is 1. The molecule has 1 heterocycles. The van der Waals surface area contributed by atoms with Crippen molar-refractivity contribution < 1.29 is 24.2 Å². The number of unbranched alkanes of at least 4 members (excludes halogenated alkanes) is 2. The Morgan fingerprint density at radius 1 is 1.26 bits per heavy atom. The minimum Gasteiger partial charge on any atom is -0.508 e. The van der Waals surface area contributed by atoms with Crippen molar-refractivity contribution in [2.75, 3.05) is 0 Å². The van der Waals surface area contributed by atoms with Gasteiger partial charge in [0.15, 0.2) is 0 Å². The molecule has 3 saturated carbocycles. The van der Waals surface area contributed by atoms with Crippen molar-refractivity contribution in [3.8, 4) is 5.75 Å². The van der Waals surface area contributed by atoms with Crippen LogP contribution in [0.1, 0.15) is 62.7 Å². The van der Waals surface area contributed by atoms with Gasteiger partial charge in [0.25, 0.3) is 5.91 Å². The zero-order valence-corrected chi connectivity index (χ0v) is 18.1. The second-order valence-electron chi connectivity index (χ2n) is 9.71. The van der Waals surface area contributed by atoms with E-state index in [1.54, 1.807) is 24.3 Å². The first-order chi connectivity index (χ1) is 14.8. The van der Waals surface area contributed by atoms with E-state index in [0.29, 0.717) is 34.3 Å². The maximum Gasteiger partial charge on any atom is 0.327 e. The van der Waals surface area contributed by atoms with Crippen LogP contribution in [0.4, 0.5) is 0 Å². The van der Waals surface area contributed by atoms with Crippen LogP contribution in [-0.2, 0) is 4.79 Å². The predicted octanol–water partition coefficient (Wildman–Crippen LogP) is 5.12. The second kappa shape index (κ2) is 8.40. The Morgan fingerprint density at radius 3 is 2.81 bits per heavy atom. The van der Waals surface area contributed by atoms with Crippen molar-refractivity contribution in [3.63, 3.8) is 0 Å². The van der Waals surface area contributed by atoms with Gasteiger partial charge in [0.05, 0.1) is 5.56 Å². The van der Waals surface area contributed by atoms with Gasteiger partial charge in [-0.25, -0.2) is 4.79 Å². The van der Waals surface area contributed by atoms with Crippen molar-refractivity contribution in [1.29, 1.82) is 0 Å². The minimum atomic E-state index is -0.905. The van der Waals surface area contributed by atoms with Gasteiger partial charge in [-0.1, -0.05) is 26.3 Å². The third kappa shape index (κ3) is 4.21. The van der Waals surface area contributed by atoms with E-state index in [4.69, 9.17) is 9.52 Å². The van der Waals surface area contributed by atoms with Gasteiger partial charge in [-0.15, -0.1) is 0 Å². The maximum atomic E-state index is 13.2. The number of nitrogens with one attached hydrogen (secondary N) is 1. The standard InChI is InChI=1S/C25H31NO5/c1-25(2)16-11-15(7-5-3-4-6-8-22(28)29)23(20(25)12-16)26-24(30)19-14-31-21-10-9-17(27)13-18(19)21/h6,8-10,13-16,20,23,27H,3-5,7,11-12H2,1-2H3,(H,26,30)(H,28,29)/t15-,16-,20-,23+/m0/s1. The summed E-state index contributed by atoms with van der Waals surface area (Å²) in [6, 6.07) is 4.90. The Kier molecular flexibility index (Phi) is 5.82. The lowest BCUT2D eigenvalue weighted by atomic mass is 9.44. The van der Waals surface area contributed by atoms with E-state index in [-0.39, 0.29) is 23.1 Å². The van der Waals surface area contributed by atoms with Crippen LogP contribution in [0.15, 0.2) is 41.0 Å². The molecule has 31 heavy (non-hydrogen) atoms. The summed E-state index contributed by atoms with van der Waals surface area (Å²) in [6.45, 7) is 4.62. The number of benzene rings is 1. The smallest absolute Gasteiger partial charge is 0.327 e. The number of phenolic OH excluding ortho intramolecular Hbond substituents is 1. The number of allylic oxidation sites excluding steroid dienone is 1. The highest BCUT2D eigenvalue weighted by molar-refractivity contribution is 6.06. The molecular weight excluding hydrogens is 394 g/mol. The van der Waals surface area contributed by atoms with Crippen LogP contribution in [0.25, 0.3) is 11.0 Å². The number of phenols is 1. The van der Waals surface area contributed by atoms with Crippen LogP contribution in [0.5, 0.6) is 5.75 Å². The van der Waals surface area contributed by atoms with Gasteiger partial charge in [0.2, 0.25) is 0 Å². The van der Waals surface area contributed by atoms with Gasteiger partial charge >= 0.3 is 5.97 Å². The summed E-state index contributed by atoms with van der Waals surface area (Å²) in [4.78, 5) is 23.8. The summed E-state index contributed by atoms with van der Waals surface area (Å²) in [7, 11) is 0. The molecule has 3 fully saturated rings. The van der Waals surface area contributed by atoms with Crippen molar-refractivity contribution in [3.05, 3.63) is 42.2 Å². The van der Waals surface area contributed by atoms with Gasteiger partial charge in [-0.2, -0.15) is 0 Å². The van der Waals surface area contributed by atoms with Gasteiger partial charge < -0.3 is 19.9 Å². The number of amides is 1. The first-order valence-corrected chi connectivity index (χ1v) is 11.2. The highest BCUT2D eigenvalue weighted by Crippen LogP contribution is 2.61. The number of carbonyl (C=O) groups is 2. The first-order valence-electron chi connectivity index (χ1n) is 11.2. The monoisotopic (exact) mass is 425 g/mol. The molecule has 6 nitrogen and oxygen atoms in total. The van der Waals surface area contributed by atoms with E-state index >= 15 is 0 Å². The topological polar surface area (TPSA) is 99.8 Å². The van der Waals surface area contributed by atoms with Crippen LogP contribution >= 0.6 is 0 Å². The number of hydrogen-bond donors (Lipinski definition) is 3. The van der Waals surface area contributed by atoms with E-state index in [2.05, 4.69) is 19.2 Å². The molecule has 4 atom stereocenters. The number of hydrogen-bond acceptors (Lipinski definition) is 4. The summed E-state index contributed by atoms with van der Waals surface area (Å²) in [5, 5.41) is 22.4. The molecule has 1 amide bonds. The van der Waals surface area contributed by atoms with Crippen LogP contribution in [0.3, 0.4) is 0 Å². The Morgan fingerprint density at radius 2 is 2.06 bits per heavy atom. The lowest BCUT2D eigenvalue weighted by molar-refractivity contribution is -0.131. The molecule has 3 aliphatic rings. The second-order valence-corrected chi connectivity index (χ2v) is 9.71. The molecule has 1 aromatic heterocycles. The fourth-order valence-corrected chi connectivity index (χ4v) is 5.70. The molecule has 0 radical (unpaired) electrons. The Balaban J connectivity index is 1.44. The zero-order chi connectivity index (χ0) is 22.2. The van der Waals surface area contributed by atoms with Crippen molar-refractivity contribution in [1.82, 2.24) is 5.32 Å². The van der Waals surface area contributed by atoms with Crippen molar-refractivity contribution in [2.24, 2.45) is 23.2 Å². The Labute approximate surface area is 182 Å². The number of rotatable bonds is 8. The number of carbonyl (C=O) groups excluding carboxylic acids is 1. The van der Waals surface area contributed by atoms with Gasteiger partial charge in [-0.05, 0) is 73.5 Å². The van der Waals surface area contributed by atoms with Crippen molar-refractivity contribution >= 4 is 22.8 Å². The number of aromatic hydroxyl groups is 1. The maximum absolute atomic E-state index is 13.2. The summed E-state index contributed by atoms with van der Waals surface area (Å²) in [5.74, 6) is 0.643. The largest absolute Gasteiger partial charge is 0.508 e. The fourth-order valence-electron chi connectivity index (χ4n) is 5.70. The fraction of sp³-hybridized carbons (Fsp3) is 0.520. The van der Waals surface area contributed by atoms with Crippen LogP contribution in [0.2, 0.25) is 0 Å². The SMILES string of the molecule is CC1(C)[C@H]2C[C@H](CCCCC=CC(=O)O)[C@@H](NC(=O)c3coc4ccc(O)cc34)[C@@H]1C2. The first kappa shape index (κ1) is 21.5. The van der Waals surface area contributed by atoms with Crippen LogP contribution < -0.4 is 5.32 Å². The molecule has 1 aromatic carbocycles. The van der Waals surface area contributed by atoms with E-state index in [9.17, 15) is 14.7 Å². The zero-order valence-electron chi connectivity index (χ0n) is 18.1. The van der Waals surface area contributed by atoms with Crippen LogP contribution in [0, 0.1) is 23.2 Å². The average Bonchev–Trinajstić information content (AvgIpc) is 3.13. The minimum absolute atomic E-state index is 0.110. The molecule has 0 aliphatic heterocycles. The van der Waals surface area contributed by atoms with Crippen LogP contribution in [-0.4, -0.2) is 28.1 Å². The normalized spacial score (nSPS) is 26.6. The summed E-state index contributed by atoms with van der Waals surface area (Å²) in [5.41, 5.74) is 1.28. The van der Waals surface area contributed by atoms with E-state index in [1.807, 2.05) is 0 Å². The molecule has 2 bridgehead atoms. The van der Waals surface area contributed by atoms with E-state index in [0.717, 1.165) is 38.5 Å². The molecule has 2 aromatic rings. The van der Waals surface area contributed by atoms with E-state index < -0.39 is 5.97 Å². The number of carboxylic acid groups (broad SMARTS) is 1. The molecule has 0 unspecified atom stereocenters. The third-order valence-corrected chi connectivity index (χ3v) is 7.63. The van der Waals surface area contributed by atoms with Gasteiger partial charge in [0.1, 0.15) is 17.6 Å². The van der Waals surface area contributed by atoms with Crippen molar-refractivity contribution in [2.45, 2.75) is 58.4 Å². The average molecular weight is 426 g/mol. The summed E-state index contributed by atoms with van der Waals surface area (Å²) in [6.07, 6.45) is 10.4. The van der Waals surface area contributed by atoms with E-state index in [1.165, 1.54) is 12.3 Å². The quantitative estimate of drug-likeness (QED) is 0.403. The highest BCUT2D eigenvalue weighted by atomic mass is 16.4. The summed E-state index contributed by atoms with van der Waals surface area (Å²) >= 11 is 0. The highest BCUT2D eigenvalue weighted by Gasteiger charge is 2.57. The number of furan rings is 1. The molecule has 3 aliphatic carbocycles. The molecule has 0 saturated heterocycles. The molecule has 166 valence electrons. The lowest BCUT2D eigenvalue weighted by Gasteiger charge is -2.62. The molecule has 3 N–H and O–H groups in total. The molecule has 0 spiro atoms. The Bertz CT molecular complexity index is 1000. The lowest BCUT2D eigenvalue weighted by Crippen LogP contribution is -2.63. The number of fused-ring (bicyclic) bond motifs is 3. The molecule has 5 rings (SSSR count). The van der Waals surface area contributed by atoms with Gasteiger partial charge in [0, 0.05) is 17.5 Å². The Hall–Kier alpha value is -2.76.